The number of rotatable bonds is 5. The second-order valence-corrected chi connectivity index (χ2v) is 6.55. The van der Waals surface area contributed by atoms with Crippen molar-refractivity contribution in [2.45, 2.75) is 44.9 Å². The van der Waals surface area contributed by atoms with Gasteiger partial charge >= 0.3 is 0 Å². The number of hydrogen-bond donors (Lipinski definition) is 1. The maximum atomic E-state index is 6.38. The molecule has 2 heterocycles. The summed E-state index contributed by atoms with van der Waals surface area (Å²) in [6, 6.07) is 4.88. The van der Waals surface area contributed by atoms with Gasteiger partial charge in [-0.05, 0) is 36.8 Å². The molecule has 3 nitrogen and oxygen atoms in total. The van der Waals surface area contributed by atoms with Gasteiger partial charge in [0.15, 0.2) is 0 Å². The number of nitrogens with zero attached hydrogens (tertiary/aromatic N) is 1. The average Bonchev–Trinajstić information content (AvgIpc) is 2.94. The van der Waals surface area contributed by atoms with Crippen LogP contribution in [-0.4, -0.2) is 37.2 Å². The fourth-order valence-corrected chi connectivity index (χ4v) is 3.90. The summed E-state index contributed by atoms with van der Waals surface area (Å²) >= 11 is 1.82. The van der Waals surface area contributed by atoms with Crippen molar-refractivity contribution in [2.24, 2.45) is 11.7 Å². The molecule has 4 atom stereocenters. The van der Waals surface area contributed by atoms with Crippen molar-refractivity contribution in [2.75, 3.05) is 20.2 Å². The highest BCUT2D eigenvalue weighted by Crippen LogP contribution is 2.32. The zero-order chi connectivity index (χ0) is 13.8. The van der Waals surface area contributed by atoms with Crippen LogP contribution >= 0.6 is 11.3 Å². The zero-order valence-corrected chi connectivity index (χ0v) is 13.0. The van der Waals surface area contributed by atoms with E-state index in [1.165, 1.54) is 11.3 Å². The van der Waals surface area contributed by atoms with Gasteiger partial charge in [0.2, 0.25) is 0 Å². The van der Waals surface area contributed by atoms with Gasteiger partial charge in [-0.25, -0.2) is 0 Å². The van der Waals surface area contributed by atoms with Crippen LogP contribution in [0.2, 0.25) is 0 Å². The smallest absolute Gasteiger partial charge is 0.0724 e. The summed E-state index contributed by atoms with van der Waals surface area (Å²) in [7, 11) is 1.82. The Kier molecular flexibility index (Phi) is 5.39. The summed E-state index contributed by atoms with van der Waals surface area (Å²) in [5.41, 5.74) is 6.38. The van der Waals surface area contributed by atoms with Gasteiger partial charge < -0.3 is 10.5 Å². The number of thiophene rings is 1. The summed E-state index contributed by atoms with van der Waals surface area (Å²) in [5, 5.41) is 2.14. The van der Waals surface area contributed by atoms with Crippen molar-refractivity contribution in [3.05, 3.63) is 22.4 Å². The number of hydrogen-bond acceptors (Lipinski definition) is 4. The first kappa shape index (κ1) is 15.0. The van der Waals surface area contributed by atoms with E-state index in [-0.39, 0.29) is 6.04 Å². The lowest BCUT2D eigenvalue weighted by Crippen LogP contribution is -2.49. The first-order valence-electron chi connectivity index (χ1n) is 7.23. The highest BCUT2D eigenvalue weighted by molar-refractivity contribution is 7.10. The highest BCUT2D eigenvalue weighted by Gasteiger charge is 2.33. The normalized spacial score (nSPS) is 28.2. The molecule has 1 aromatic heterocycles. The minimum Gasteiger partial charge on any atom is -0.380 e. The van der Waals surface area contributed by atoms with Gasteiger partial charge in [-0.1, -0.05) is 19.9 Å². The lowest BCUT2D eigenvalue weighted by atomic mass is 9.92. The van der Waals surface area contributed by atoms with Crippen LogP contribution in [0.5, 0.6) is 0 Å². The molecule has 0 saturated carbocycles. The van der Waals surface area contributed by atoms with E-state index < -0.39 is 0 Å². The van der Waals surface area contributed by atoms with E-state index in [9.17, 15) is 0 Å². The number of nitrogens with two attached hydrogens (primary N) is 1. The Morgan fingerprint density at radius 1 is 1.58 bits per heavy atom. The summed E-state index contributed by atoms with van der Waals surface area (Å²) in [6.45, 7) is 6.57. The van der Waals surface area contributed by atoms with Crippen LogP contribution < -0.4 is 5.73 Å². The molecule has 1 saturated heterocycles. The number of ether oxygens (including phenoxy) is 1. The number of piperidine rings is 1. The Morgan fingerprint density at radius 3 is 2.95 bits per heavy atom. The average molecular weight is 282 g/mol. The van der Waals surface area contributed by atoms with Gasteiger partial charge in [-0.2, -0.15) is 0 Å². The third-order valence-electron chi connectivity index (χ3n) is 4.33. The molecule has 1 fully saturated rings. The topological polar surface area (TPSA) is 38.5 Å². The largest absolute Gasteiger partial charge is 0.380 e. The predicted molar refractivity (Wildman–Crippen MR) is 81.5 cm³/mol. The van der Waals surface area contributed by atoms with Crippen molar-refractivity contribution >= 4 is 11.3 Å². The van der Waals surface area contributed by atoms with Crippen molar-refractivity contribution < 1.29 is 4.74 Å². The van der Waals surface area contributed by atoms with Crippen LogP contribution in [-0.2, 0) is 4.74 Å². The Hall–Kier alpha value is -0.420. The maximum absolute atomic E-state index is 6.38. The van der Waals surface area contributed by atoms with Crippen LogP contribution in [0.25, 0.3) is 0 Å². The Balaban J connectivity index is 2.15. The quantitative estimate of drug-likeness (QED) is 0.902. The Labute approximate surface area is 120 Å². The standard InChI is InChI=1S/C15H26N2OS/c1-4-12(16)15(14-6-5-9-19-14)17-8-7-11(2)13(10-17)18-3/h5-6,9,11-13,15H,4,7-8,10,16H2,1-3H3. The summed E-state index contributed by atoms with van der Waals surface area (Å²) < 4.78 is 5.64. The van der Waals surface area contributed by atoms with Crippen molar-refractivity contribution in [3.63, 3.8) is 0 Å². The van der Waals surface area contributed by atoms with Crippen molar-refractivity contribution in [1.82, 2.24) is 4.90 Å². The monoisotopic (exact) mass is 282 g/mol. The molecule has 0 spiro atoms. The molecule has 0 aromatic carbocycles. The molecule has 4 heteroatoms. The van der Waals surface area contributed by atoms with E-state index >= 15 is 0 Å². The SMILES string of the molecule is CCC(N)C(c1cccs1)N1CCC(C)C(OC)C1. The Bertz CT molecular complexity index is 368. The molecule has 1 aliphatic rings. The molecule has 108 valence electrons. The minimum absolute atomic E-state index is 0.199. The van der Waals surface area contributed by atoms with Gasteiger partial charge in [-0.15, -0.1) is 11.3 Å². The van der Waals surface area contributed by atoms with E-state index in [2.05, 4.69) is 36.3 Å². The first-order valence-corrected chi connectivity index (χ1v) is 8.11. The summed E-state index contributed by atoms with van der Waals surface area (Å²) in [5.74, 6) is 0.642. The van der Waals surface area contributed by atoms with Crippen LogP contribution in [0.1, 0.15) is 37.6 Å². The number of methoxy groups -OCH3 is 1. The van der Waals surface area contributed by atoms with Gasteiger partial charge in [0.25, 0.3) is 0 Å². The lowest BCUT2D eigenvalue weighted by molar-refractivity contribution is -0.0228. The zero-order valence-electron chi connectivity index (χ0n) is 12.2. The minimum atomic E-state index is 0.199. The predicted octanol–water partition coefficient (Wildman–Crippen LogP) is 2.88. The highest BCUT2D eigenvalue weighted by atomic mass is 32.1. The van der Waals surface area contributed by atoms with Crippen molar-refractivity contribution in [1.29, 1.82) is 0 Å². The van der Waals surface area contributed by atoms with Gasteiger partial charge in [0.05, 0.1) is 12.1 Å². The molecule has 4 unspecified atom stereocenters. The van der Waals surface area contributed by atoms with E-state index in [0.717, 1.165) is 19.5 Å². The molecule has 0 radical (unpaired) electrons. The molecule has 2 rings (SSSR count). The third kappa shape index (κ3) is 3.37. The molecule has 1 aromatic rings. The third-order valence-corrected chi connectivity index (χ3v) is 5.27. The summed E-state index contributed by atoms with van der Waals surface area (Å²) in [6.07, 6.45) is 2.53. The fourth-order valence-electron chi connectivity index (χ4n) is 2.96. The first-order chi connectivity index (χ1) is 9.17. The molecular formula is C15H26N2OS. The van der Waals surface area contributed by atoms with E-state index in [1.54, 1.807) is 0 Å². The molecule has 0 amide bonds. The molecule has 0 bridgehead atoms. The fraction of sp³-hybridized carbons (Fsp3) is 0.733. The maximum Gasteiger partial charge on any atom is 0.0724 e. The molecule has 0 aliphatic carbocycles. The van der Waals surface area contributed by atoms with E-state index in [0.29, 0.717) is 18.1 Å². The summed E-state index contributed by atoms with van der Waals surface area (Å²) in [4.78, 5) is 3.91. The van der Waals surface area contributed by atoms with Crippen LogP contribution in [0.4, 0.5) is 0 Å². The van der Waals surface area contributed by atoms with Crippen molar-refractivity contribution in [3.8, 4) is 0 Å². The van der Waals surface area contributed by atoms with Gasteiger partial charge in [0.1, 0.15) is 0 Å². The molecule has 2 N–H and O–H groups in total. The van der Waals surface area contributed by atoms with Crippen LogP contribution in [0, 0.1) is 5.92 Å². The van der Waals surface area contributed by atoms with E-state index in [4.69, 9.17) is 10.5 Å². The Morgan fingerprint density at radius 2 is 2.37 bits per heavy atom. The lowest BCUT2D eigenvalue weighted by Gasteiger charge is -2.42. The molecule has 1 aliphatic heterocycles. The van der Waals surface area contributed by atoms with Gasteiger partial charge in [-0.3, -0.25) is 4.90 Å². The number of likely N-dealkylation sites (tertiary alicyclic amines) is 1. The van der Waals surface area contributed by atoms with Crippen LogP contribution in [0.15, 0.2) is 17.5 Å². The van der Waals surface area contributed by atoms with Gasteiger partial charge in [0, 0.05) is 24.6 Å². The van der Waals surface area contributed by atoms with E-state index in [1.807, 2.05) is 18.4 Å². The second-order valence-electron chi connectivity index (χ2n) is 5.57. The second kappa shape index (κ2) is 6.84. The van der Waals surface area contributed by atoms with Crippen LogP contribution in [0.3, 0.4) is 0 Å². The molecular weight excluding hydrogens is 256 g/mol. The molecule has 19 heavy (non-hydrogen) atoms.